The number of hydrogen-bond acceptors (Lipinski definition) is 9. The molecule has 1 aromatic carbocycles. The first kappa shape index (κ1) is 28.7. The predicted molar refractivity (Wildman–Crippen MR) is 148 cm³/mol. The molecule has 0 atom stereocenters. The van der Waals surface area contributed by atoms with Gasteiger partial charge in [0.25, 0.3) is 11.9 Å². The molecule has 0 spiro atoms. The average Bonchev–Trinajstić information content (AvgIpc) is 3.32. The number of nitrogens with zero attached hydrogens (tertiary/aromatic N) is 4. The SMILES string of the molecule is COc1nc(N(CCN(C)C)C(C)=O)nc(OC)c1NC(=O)c1ccc(Oc2cccc([Si](C)(C)C)c2)o1. The van der Waals surface area contributed by atoms with Crippen LogP contribution in [0.1, 0.15) is 17.5 Å². The second-order valence-corrected chi connectivity index (χ2v) is 14.9. The quantitative estimate of drug-likeness (QED) is 0.363. The normalized spacial score (nSPS) is 11.3. The van der Waals surface area contributed by atoms with Crippen LogP contribution in [0.2, 0.25) is 19.6 Å². The van der Waals surface area contributed by atoms with Crippen molar-refractivity contribution in [1.29, 1.82) is 0 Å². The molecule has 12 heteroatoms. The van der Waals surface area contributed by atoms with Gasteiger partial charge in [0.2, 0.25) is 23.6 Å². The molecule has 0 fully saturated rings. The van der Waals surface area contributed by atoms with E-state index in [0.717, 1.165) is 0 Å². The van der Waals surface area contributed by atoms with Crippen molar-refractivity contribution in [1.82, 2.24) is 14.9 Å². The number of carbonyl (C=O) groups is 2. The van der Waals surface area contributed by atoms with Gasteiger partial charge in [-0.2, -0.15) is 9.97 Å². The number of ether oxygens (including phenoxy) is 3. The van der Waals surface area contributed by atoms with Crippen LogP contribution in [0.5, 0.6) is 23.5 Å². The Hall–Kier alpha value is -3.90. The standard InChI is InChI=1S/C26H35N5O6Si/c1-17(32)31(15-14-30(2)3)26-28-24(34-4)22(25(29-26)35-5)27-23(33)20-12-13-21(37-20)36-18-10-9-11-19(16-18)38(6,7)8/h9-13,16H,14-15H2,1-8H3,(H,27,33). The third kappa shape index (κ3) is 7.10. The number of aromatic nitrogens is 2. The Kier molecular flexibility index (Phi) is 9.12. The summed E-state index contributed by atoms with van der Waals surface area (Å²) >= 11 is 0. The van der Waals surface area contributed by atoms with Crippen LogP contribution in [0.15, 0.2) is 40.8 Å². The van der Waals surface area contributed by atoms with Crippen molar-refractivity contribution < 1.29 is 28.2 Å². The summed E-state index contributed by atoms with van der Waals surface area (Å²) in [4.78, 5) is 37.3. The van der Waals surface area contributed by atoms with Gasteiger partial charge in [0.1, 0.15) is 5.75 Å². The number of hydrogen-bond donors (Lipinski definition) is 1. The first-order valence-electron chi connectivity index (χ1n) is 12.1. The molecule has 204 valence electrons. The third-order valence-electron chi connectivity index (χ3n) is 5.57. The molecule has 3 aromatic rings. The molecule has 0 aliphatic carbocycles. The summed E-state index contributed by atoms with van der Waals surface area (Å²) in [5.74, 6) is 0.135. The van der Waals surface area contributed by atoms with Crippen molar-refractivity contribution in [2.45, 2.75) is 26.6 Å². The summed E-state index contributed by atoms with van der Waals surface area (Å²) in [6, 6.07) is 10.9. The highest BCUT2D eigenvalue weighted by Crippen LogP contribution is 2.34. The van der Waals surface area contributed by atoms with E-state index in [1.807, 2.05) is 37.2 Å². The minimum absolute atomic E-state index is 0.00544. The van der Waals surface area contributed by atoms with Crippen molar-refractivity contribution >= 4 is 36.7 Å². The van der Waals surface area contributed by atoms with Gasteiger partial charge in [0, 0.05) is 26.1 Å². The van der Waals surface area contributed by atoms with E-state index in [1.165, 1.54) is 37.3 Å². The Morgan fingerprint density at radius 2 is 1.66 bits per heavy atom. The van der Waals surface area contributed by atoms with Crippen LogP contribution >= 0.6 is 0 Å². The molecular formula is C26H35N5O6Si. The van der Waals surface area contributed by atoms with E-state index in [4.69, 9.17) is 18.6 Å². The number of furan rings is 1. The number of carbonyl (C=O) groups excluding carboxylic acids is 2. The van der Waals surface area contributed by atoms with E-state index in [1.54, 1.807) is 6.07 Å². The number of benzene rings is 1. The molecule has 0 aliphatic rings. The highest BCUT2D eigenvalue weighted by atomic mass is 28.3. The lowest BCUT2D eigenvalue weighted by Crippen LogP contribution is -2.37. The monoisotopic (exact) mass is 541 g/mol. The molecule has 0 bridgehead atoms. The molecule has 0 saturated carbocycles. The molecule has 11 nitrogen and oxygen atoms in total. The van der Waals surface area contributed by atoms with Gasteiger partial charge in [-0.15, -0.1) is 0 Å². The fourth-order valence-corrected chi connectivity index (χ4v) is 4.62. The smallest absolute Gasteiger partial charge is 0.291 e. The van der Waals surface area contributed by atoms with Crippen molar-refractivity contribution in [2.75, 3.05) is 51.6 Å². The Morgan fingerprint density at radius 1 is 1.00 bits per heavy atom. The van der Waals surface area contributed by atoms with E-state index in [9.17, 15) is 9.59 Å². The van der Waals surface area contributed by atoms with Gasteiger partial charge in [-0.25, -0.2) is 0 Å². The predicted octanol–water partition coefficient (Wildman–Crippen LogP) is 3.59. The lowest BCUT2D eigenvalue weighted by Gasteiger charge is -2.22. The van der Waals surface area contributed by atoms with Crippen LogP contribution in [-0.2, 0) is 4.79 Å². The van der Waals surface area contributed by atoms with Crippen LogP contribution in [-0.4, -0.2) is 76.2 Å². The topological polar surface area (TPSA) is 119 Å². The zero-order chi connectivity index (χ0) is 28.0. The van der Waals surface area contributed by atoms with Crippen molar-refractivity contribution in [3.63, 3.8) is 0 Å². The maximum atomic E-state index is 13.0. The van der Waals surface area contributed by atoms with E-state index in [0.29, 0.717) is 18.8 Å². The molecule has 0 radical (unpaired) electrons. The molecule has 0 aliphatic heterocycles. The number of anilines is 2. The molecular weight excluding hydrogens is 506 g/mol. The lowest BCUT2D eigenvalue weighted by atomic mass is 10.3. The van der Waals surface area contributed by atoms with Gasteiger partial charge in [-0.05, 0) is 32.3 Å². The van der Waals surface area contributed by atoms with Crippen LogP contribution in [0.3, 0.4) is 0 Å². The fraction of sp³-hybridized carbons (Fsp3) is 0.385. The first-order chi connectivity index (χ1) is 17.9. The Labute approximate surface area is 223 Å². The summed E-state index contributed by atoms with van der Waals surface area (Å²) < 4.78 is 22.3. The minimum Gasteiger partial charge on any atom is -0.479 e. The highest BCUT2D eigenvalue weighted by molar-refractivity contribution is 6.88. The van der Waals surface area contributed by atoms with Gasteiger partial charge >= 0.3 is 0 Å². The van der Waals surface area contributed by atoms with Crippen LogP contribution in [0.25, 0.3) is 0 Å². The maximum Gasteiger partial charge on any atom is 0.291 e. The zero-order valence-corrected chi connectivity index (χ0v) is 24.1. The van der Waals surface area contributed by atoms with Crippen LogP contribution in [0, 0.1) is 0 Å². The zero-order valence-electron chi connectivity index (χ0n) is 23.1. The van der Waals surface area contributed by atoms with Crippen molar-refractivity contribution in [2.24, 2.45) is 0 Å². The molecule has 2 amide bonds. The Balaban J connectivity index is 1.82. The van der Waals surface area contributed by atoms with E-state index < -0.39 is 14.0 Å². The highest BCUT2D eigenvalue weighted by Gasteiger charge is 2.25. The largest absolute Gasteiger partial charge is 0.479 e. The van der Waals surface area contributed by atoms with E-state index in [2.05, 4.69) is 41.0 Å². The lowest BCUT2D eigenvalue weighted by molar-refractivity contribution is -0.116. The fourth-order valence-electron chi connectivity index (χ4n) is 3.45. The second kappa shape index (κ2) is 12.1. The molecule has 1 N–H and O–H groups in total. The number of likely N-dealkylation sites (N-methyl/N-ethyl adjacent to an activating group) is 1. The van der Waals surface area contributed by atoms with E-state index in [-0.39, 0.29) is 41.0 Å². The number of amides is 2. The van der Waals surface area contributed by atoms with Crippen molar-refractivity contribution in [3.8, 4) is 23.5 Å². The molecule has 2 aromatic heterocycles. The maximum absolute atomic E-state index is 13.0. The van der Waals surface area contributed by atoms with Gasteiger partial charge in [0.05, 0.1) is 22.3 Å². The molecule has 2 heterocycles. The second-order valence-electron chi connectivity index (χ2n) is 9.84. The summed E-state index contributed by atoms with van der Waals surface area (Å²) in [5, 5.41) is 3.92. The summed E-state index contributed by atoms with van der Waals surface area (Å²) in [7, 11) is 5.07. The van der Waals surface area contributed by atoms with Crippen LogP contribution < -0.4 is 29.6 Å². The third-order valence-corrected chi connectivity index (χ3v) is 7.62. The summed E-state index contributed by atoms with van der Waals surface area (Å²) in [5.41, 5.74) is 0.0987. The van der Waals surface area contributed by atoms with Crippen molar-refractivity contribution in [3.05, 3.63) is 42.2 Å². The Morgan fingerprint density at radius 3 is 2.21 bits per heavy atom. The van der Waals surface area contributed by atoms with Gasteiger partial charge in [0.15, 0.2) is 11.4 Å². The van der Waals surface area contributed by atoms with E-state index >= 15 is 0 Å². The molecule has 3 rings (SSSR count). The number of methoxy groups -OCH3 is 2. The molecule has 0 unspecified atom stereocenters. The number of rotatable bonds is 11. The van der Waals surface area contributed by atoms with Gasteiger partial charge < -0.3 is 28.8 Å². The van der Waals surface area contributed by atoms with Gasteiger partial charge in [-0.1, -0.05) is 37.0 Å². The molecule has 38 heavy (non-hydrogen) atoms. The minimum atomic E-state index is -1.52. The number of nitrogens with one attached hydrogen (secondary N) is 1. The van der Waals surface area contributed by atoms with Gasteiger partial charge in [-0.3, -0.25) is 14.5 Å². The van der Waals surface area contributed by atoms with Crippen LogP contribution in [0.4, 0.5) is 11.6 Å². The first-order valence-corrected chi connectivity index (χ1v) is 15.6. The Bertz CT molecular complexity index is 1260. The molecule has 0 saturated heterocycles. The summed E-state index contributed by atoms with van der Waals surface area (Å²) in [6.45, 7) is 9.13. The summed E-state index contributed by atoms with van der Waals surface area (Å²) in [6.07, 6.45) is 0. The average molecular weight is 542 g/mol.